The van der Waals surface area contributed by atoms with Gasteiger partial charge in [-0.2, -0.15) is 4.31 Å². The molecule has 0 fully saturated rings. The number of aromatic nitrogens is 2. The summed E-state index contributed by atoms with van der Waals surface area (Å²) in [4.78, 5) is 7.96. The predicted octanol–water partition coefficient (Wildman–Crippen LogP) is 2.97. The van der Waals surface area contributed by atoms with Gasteiger partial charge >= 0.3 is 0 Å². The van der Waals surface area contributed by atoms with Gasteiger partial charge in [0.1, 0.15) is 5.82 Å². The molecule has 0 aliphatic carbocycles. The first-order valence-electron chi connectivity index (χ1n) is 7.01. The number of hydrogen-bond donors (Lipinski definition) is 1. The van der Waals surface area contributed by atoms with E-state index in [-0.39, 0.29) is 12.4 Å². The first-order valence-corrected chi connectivity index (χ1v) is 8.45. The number of rotatable bonds is 6. The van der Waals surface area contributed by atoms with Crippen LogP contribution in [0.4, 0.5) is 0 Å². The van der Waals surface area contributed by atoms with Crippen LogP contribution in [0.3, 0.4) is 0 Å². The van der Waals surface area contributed by atoms with Gasteiger partial charge < -0.3 is 4.98 Å². The number of benzene rings is 1. The van der Waals surface area contributed by atoms with E-state index >= 15 is 0 Å². The molecule has 0 spiro atoms. The Morgan fingerprint density at radius 1 is 1.19 bits per heavy atom. The maximum Gasteiger partial charge on any atom is 0.243 e. The van der Waals surface area contributed by atoms with E-state index in [1.807, 2.05) is 13.8 Å². The van der Waals surface area contributed by atoms with E-state index in [1.54, 1.807) is 18.2 Å². The Labute approximate surface area is 132 Å². The van der Waals surface area contributed by atoms with Gasteiger partial charge in [0.15, 0.2) is 0 Å². The Bertz CT molecular complexity index is 693. The normalized spacial score (nSPS) is 11.8. The summed E-state index contributed by atoms with van der Waals surface area (Å²) < 4.78 is 26.4. The van der Waals surface area contributed by atoms with E-state index in [0.717, 1.165) is 29.7 Å². The van der Waals surface area contributed by atoms with E-state index < -0.39 is 10.0 Å². The van der Waals surface area contributed by atoms with Gasteiger partial charge in [0.05, 0.1) is 15.9 Å². The van der Waals surface area contributed by atoms with Crippen molar-refractivity contribution >= 4 is 33.5 Å². The van der Waals surface area contributed by atoms with Crippen LogP contribution >= 0.6 is 12.4 Å². The number of fused-ring (bicyclic) bond motifs is 1. The van der Waals surface area contributed by atoms with Gasteiger partial charge in [-0.25, -0.2) is 13.4 Å². The molecule has 21 heavy (non-hydrogen) atoms. The monoisotopic (exact) mass is 331 g/mol. The molecular formula is C14H22ClN3O2S. The fraction of sp³-hybridized carbons (Fsp3) is 0.500. The quantitative estimate of drug-likeness (QED) is 0.885. The molecule has 0 bridgehead atoms. The SMILES string of the molecule is CCCc1nc2ccc(S(=O)(=O)N(CC)CC)cc2[nH]1.Cl. The Hall–Kier alpha value is -1.11. The standard InChI is InChI=1S/C14H21N3O2S.ClH/c1-4-7-14-15-12-9-8-11(10-13(12)16-14)20(18,19)17(5-2)6-3;/h8-10H,4-7H2,1-3H3,(H,15,16);1H. The molecule has 0 saturated heterocycles. The zero-order valence-electron chi connectivity index (χ0n) is 12.6. The number of aromatic amines is 1. The average Bonchev–Trinajstić information content (AvgIpc) is 2.81. The third kappa shape index (κ3) is 3.56. The van der Waals surface area contributed by atoms with E-state index in [4.69, 9.17) is 0 Å². The highest BCUT2D eigenvalue weighted by atomic mass is 35.5. The minimum atomic E-state index is -3.41. The molecule has 0 radical (unpaired) electrons. The summed E-state index contributed by atoms with van der Waals surface area (Å²) in [6.07, 6.45) is 1.87. The van der Waals surface area contributed by atoms with Crippen LogP contribution in [0.25, 0.3) is 11.0 Å². The summed E-state index contributed by atoms with van der Waals surface area (Å²) >= 11 is 0. The molecule has 7 heteroatoms. The second kappa shape index (κ2) is 7.24. The number of halogens is 1. The third-order valence-corrected chi connectivity index (χ3v) is 5.38. The summed E-state index contributed by atoms with van der Waals surface area (Å²) in [5, 5.41) is 0. The minimum Gasteiger partial charge on any atom is -0.342 e. The Morgan fingerprint density at radius 2 is 1.86 bits per heavy atom. The zero-order valence-corrected chi connectivity index (χ0v) is 14.2. The van der Waals surface area contributed by atoms with Crippen molar-refractivity contribution in [1.82, 2.24) is 14.3 Å². The van der Waals surface area contributed by atoms with Gasteiger partial charge in [0, 0.05) is 19.5 Å². The van der Waals surface area contributed by atoms with Crippen LogP contribution in [0.15, 0.2) is 23.1 Å². The second-order valence-corrected chi connectivity index (χ2v) is 6.64. The number of nitrogens with one attached hydrogen (secondary N) is 1. The van der Waals surface area contributed by atoms with Gasteiger partial charge in [-0.15, -0.1) is 12.4 Å². The van der Waals surface area contributed by atoms with Crippen LogP contribution in [0, 0.1) is 0 Å². The van der Waals surface area contributed by atoms with Crippen LogP contribution in [-0.4, -0.2) is 35.8 Å². The molecule has 5 nitrogen and oxygen atoms in total. The molecule has 1 N–H and O–H groups in total. The van der Waals surface area contributed by atoms with E-state index in [0.29, 0.717) is 18.0 Å². The fourth-order valence-corrected chi connectivity index (χ4v) is 3.75. The number of aryl methyl sites for hydroxylation is 1. The van der Waals surface area contributed by atoms with Crippen molar-refractivity contribution < 1.29 is 8.42 Å². The number of sulfonamides is 1. The average molecular weight is 332 g/mol. The molecule has 0 saturated carbocycles. The van der Waals surface area contributed by atoms with Crippen LogP contribution in [0.1, 0.15) is 33.0 Å². The van der Waals surface area contributed by atoms with Crippen LogP contribution in [-0.2, 0) is 16.4 Å². The molecule has 1 heterocycles. The summed E-state index contributed by atoms with van der Waals surface area (Å²) in [5.41, 5.74) is 1.59. The Balaban J connectivity index is 0.00000220. The molecule has 0 unspecified atom stereocenters. The molecule has 118 valence electrons. The lowest BCUT2D eigenvalue weighted by atomic mass is 10.3. The van der Waals surface area contributed by atoms with Crippen molar-refractivity contribution in [3.63, 3.8) is 0 Å². The number of nitrogens with zero attached hydrogens (tertiary/aromatic N) is 2. The molecule has 2 rings (SSSR count). The molecular weight excluding hydrogens is 310 g/mol. The minimum absolute atomic E-state index is 0. The lowest BCUT2D eigenvalue weighted by Gasteiger charge is -2.18. The van der Waals surface area contributed by atoms with E-state index in [2.05, 4.69) is 16.9 Å². The summed E-state index contributed by atoms with van der Waals surface area (Å²) in [6, 6.07) is 5.07. The van der Waals surface area contributed by atoms with E-state index in [9.17, 15) is 8.42 Å². The lowest BCUT2D eigenvalue weighted by molar-refractivity contribution is 0.445. The number of hydrogen-bond acceptors (Lipinski definition) is 3. The summed E-state index contributed by atoms with van der Waals surface area (Å²) in [5.74, 6) is 0.903. The second-order valence-electron chi connectivity index (χ2n) is 4.70. The molecule has 1 aromatic heterocycles. The van der Waals surface area contributed by atoms with Crippen molar-refractivity contribution in [2.24, 2.45) is 0 Å². The maximum atomic E-state index is 12.5. The van der Waals surface area contributed by atoms with Gasteiger partial charge in [-0.3, -0.25) is 0 Å². The van der Waals surface area contributed by atoms with Crippen molar-refractivity contribution in [3.8, 4) is 0 Å². The first-order chi connectivity index (χ1) is 9.52. The molecule has 1 aromatic carbocycles. The third-order valence-electron chi connectivity index (χ3n) is 3.33. The van der Waals surface area contributed by atoms with Crippen LogP contribution in [0.2, 0.25) is 0 Å². The van der Waals surface area contributed by atoms with Gasteiger partial charge in [0.2, 0.25) is 10.0 Å². The highest BCUT2D eigenvalue weighted by molar-refractivity contribution is 7.89. The highest BCUT2D eigenvalue weighted by Gasteiger charge is 2.22. The molecule has 0 atom stereocenters. The van der Waals surface area contributed by atoms with Crippen molar-refractivity contribution in [2.75, 3.05) is 13.1 Å². The smallest absolute Gasteiger partial charge is 0.243 e. The largest absolute Gasteiger partial charge is 0.342 e. The summed E-state index contributed by atoms with van der Waals surface area (Å²) in [7, 11) is -3.41. The maximum absolute atomic E-state index is 12.5. The molecule has 0 aliphatic rings. The molecule has 2 aromatic rings. The molecule has 0 aliphatic heterocycles. The predicted molar refractivity (Wildman–Crippen MR) is 87.4 cm³/mol. The number of H-pyrrole nitrogens is 1. The van der Waals surface area contributed by atoms with Crippen molar-refractivity contribution in [1.29, 1.82) is 0 Å². The lowest BCUT2D eigenvalue weighted by Crippen LogP contribution is -2.30. The van der Waals surface area contributed by atoms with Crippen molar-refractivity contribution in [2.45, 2.75) is 38.5 Å². The molecule has 0 amide bonds. The van der Waals surface area contributed by atoms with Gasteiger partial charge in [-0.1, -0.05) is 20.8 Å². The Kier molecular flexibility index (Phi) is 6.19. The van der Waals surface area contributed by atoms with Gasteiger partial charge in [-0.05, 0) is 24.6 Å². The van der Waals surface area contributed by atoms with E-state index in [1.165, 1.54) is 4.31 Å². The highest BCUT2D eigenvalue weighted by Crippen LogP contribution is 2.21. The number of imidazole rings is 1. The summed E-state index contributed by atoms with van der Waals surface area (Å²) in [6.45, 7) is 6.72. The Morgan fingerprint density at radius 3 is 2.43 bits per heavy atom. The first kappa shape index (κ1) is 17.9. The van der Waals surface area contributed by atoms with Crippen molar-refractivity contribution in [3.05, 3.63) is 24.0 Å². The van der Waals surface area contributed by atoms with Crippen LogP contribution in [0.5, 0.6) is 0 Å². The van der Waals surface area contributed by atoms with Crippen LogP contribution < -0.4 is 0 Å². The topological polar surface area (TPSA) is 66.1 Å². The fourth-order valence-electron chi connectivity index (χ4n) is 2.27. The van der Waals surface area contributed by atoms with Gasteiger partial charge in [0.25, 0.3) is 0 Å². The zero-order chi connectivity index (χ0) is 14.8.